The average Bonchev–Trinajstić information content (AvgIpc) is 2.86. The highest BCUT2D eigenvalue weighted by atomic mass is 16.2. The van der Waals surface area contributed by atoms with E-state index in [1.165, 1.54) is 18.4 Å². The highest BCUT2D eigenvalue weighted by molar-refractivity contribution is 5.92. The zero-order chi connectivity index (χ0) is 16.1. The van der Waals surface area contributed by atoms with Crippen LogP contribution in [0.25, 0.3) is 0 Å². The topological polar surface area (TPSA) is 58.1 Å². The summed E-state index contributed by atoms with van der Waals surface area (Å²) in [5, 5.41) is 3.19. The number of likely N-dealkylation sites (tertiary alicyclic amines) is 1. The van der Waals surface area contributed by atoms with Crippen LogP contribution in [0.1, 0.15) is 41.7 Å². The molecular weight excluding hydrogens is 288 g/mol. The molecule has 23 heavy (non-hydrogen) atoms. The molecule has 0 saturated carbocycles. The number of aromatic nitrogens is 2. The largest absolute Gasteiger partial charge is 0.339 e. The Kier molecular flexibility index (Phi) is 4.86. The molecule has 0 radical (unpaired) electrons. The van der Waals surface area contributed by atoms with E-state index in [1.54, 1.807) is 12.4 Å². The first-order chi connectivity index (χ1) is 11.2. The minimum absolute atomic E-state index is 0.0127. The molecule has 0 unspecified atom stereocenters. The Morgan fingerprint density at radius 2 is 1.70 bits per heavy atom. The summed E-state index contributed by atoms with van der Waals surface area (Å²) in [7, 11) is 0. The Morgan fingerprint density at radius 3 is 2.30 bits per heavy atom. The summed E-state index contributed by atoms with van der Waals surface area (Å²) in [5.74, 6) is 0.627. The zero-order valence-electron chi connectivity index (χ0n) is 13.5. The van der Waals surface area contributed by atoms with Gasteiger partial charge in [0.2, 0.25) is 0 Å². The smallest absolute Gasteiger partial charge is 0.274 e. The number of nitrogens with zero attached hydrogens (tertiary/aromatic N) is 3. The molecule has 1 saturated heterocycles. The van der Waals surface area contributed by atoms with Crippen molar-refractivity contribution in [2.75, 3.05) is 18.4 Å². The molecule has 120 valence electrons. The molecule has 5 nitrogen and oxygen atoms in total. The van der Waals surface area contributed by atoms with Gasteiger partial charge in [0, 0.05) is 18.8 Å². The van der Waals surface area contributed by atoms with Gasteiger partial charge < -0.3 is 10.2 Å². The third-order valence-corrected chi connectivity index (χ3v) is 4.09. The van der Waals surface area contributed by atoms with Crippen molar-refractivity contribution in [2.24, 2.45) is 0 Å². The third kappa shape index (κ3) is 4.06. The van der Waals surface area contributed by atoms with Crippen LogP contribution in [-0.2, 0) is 0 Å². The number of aryl methyl sites for hydroxylation is 1. The van der Waals surface area contributed by atoms with Gasteiger partial charge in [-0.1, -0.05) is 30.5 Å². The Bertz CT molecular complexity index is 644. The second-order valence-corrected chi connectivity index (χ2v) is 5.98. The van der Waals surface area contributed by atoms with Crippen LogP contribution in [0.4, 0.5) is 11.5 Å². The number of hydrogen-bond donors (Lipinski definition) is 1. The summed E-state index contributed by atoms with van der Waals surface area (Å²) in [5.41, 5.74) is 2.58. The summed E-state index contributed by atoms with van der Waals surface area (Å²) in [4.78, 5) is 23.0. The molecule has 0 aliphatic carbocycles. The standard InChI is InChI=1S/C18H22N4O/c1-14-6-8-15(9-7-14)21-17-13-19-16(12-20-17)18(23)22-10-4-2-3-5-11-22/h6-9,12-13H,2-5,10-11H2,1H3,(H,20,21). The molecule has 1 fully saturated rings. The fourth-order valence-corrected chi connectivity index (χ4v) is 2.72. The minimum Gasteiger partial charge on any atom is -0.339 e. The van der Waals surface area contributed by atoms with Crippen LogP contribution >= 0.6 is 0 Å². The van der Waals surface area contributed by atoms with E-state index in [0.717, 1.165) is 31.6 Å². The van der Waals surface area contributed by atoms with Crippen molar-refractivity contribution < 1.29 is 4.79 Å². The number of benzene rings is 1. The highest BCUT2D eigenvalue weighted by Gasteiger charge is 2.18. The first kappa shape index (κ1) is 15.5. The van der Waals surface area contributed by atoms with Crippen LogP contribution in [0.2, 0.25) is 0 Å². The number of nitrogens with one attached hydrogen (secondary N) is 1. The Labute approximate surface area is 136 Å². The van der Waals surface area contributed by atoms with E-state index in [2.05, 4.69) is 15.3 Å². The molecule has 1 aromatic carbocycles. The molecule has 1 N–H and O–H groups in total. The van der Waals surface area contributed by atoms with Crippen molar-refractivity contribution in [3.05, 3.63) is 47.9 Å². The Hall–Kier alpha value is -2.43. The van der Waals surface area contributed by atoms with Gasteiger partial charge in [-0.25, -0.2) is 9.97 Å². The van der Waals surface area contributed by atoms with E-state index in [9.17, 15) is 4.79 Å². The lowest BCUT2D eigenvalue weighted by molar-refractivity contribution is 0.0755. The number of rotatable bonds is 3. The lowest BCUT2D eigenvalue weighted by Gasteiger charge is -2.19. The molecule has 1 aromatic heterocycles. The van der Waals surface area contributed by atoms with Crippen LogP contribution in [0.5, 0.6) is 0 Å². The SMILES string of the molecule is Cc1ccc(Nc2cnc(C(=O)N3CCCCCC3)cn2)cc1. The fraction of sp³-hybridized carbons (Fsp3) is 0.389. The van der Waals surface area contributed by atoms with Crippen molar-refractivity contribution in [3.63, 3.8) is 0 Å². The normalized spacial score (nSPS) is 15.1. The predicted octanol–water partition coefficient (Wildman–Crippen LogP) is 3.54. The molecule has 2 aromatic rings. The van der Waals surface area contributed by atoms with Crippen molar-refractivity contribution in [2.45, 2.75) is 32.6 Å². The summed E-state index contributed by atoms with van der Waals surface area (Å²) in [6.07, 6.45) is 7.73. The molecule has 5 heteroatoms. The maximum absolute atomic E-state index is 12.5. The quantitative estimate of drug-likeness (QED) is 0.942. The monoisotopic (exact) mass is 310 g/mol. The van der Waals surface area contributed by atoms with Gasteiger partial charge in [-0.15, -0.1) is 0 Å². The number of hydrogen-bond acceptors (Lipinski definition) is 4. The van der Waals surface area contributed by atoms with Gasteiger partial charge >= 0.3 is 0 Å². The van der Waals surface area contributed by atoms with E-state index >= 15 is 0 Å². The summed E-state index contributed by atoms with van der Waals surface area (Å²) in [6, 6.07) is 8.06. The number of carbonyl (C=O) groups is 1. The molecule has 1 aliphatic rings. The second-order valence-electron chi connectivity index (χ2n) is 5.98. The van der Waals surface area contributed by atoms with E-state index < -0.39 is 0 Å². The van der Waals surface area contributed by atoms with Crippen molar-refractivity contribution >= 4 is 17.4 Å². The third-order valence-electron chi connectivity index (χ3n) is 4.09. The van der Waals surface area contributed by atoms with Crippen LogP contribution in [0.3, 0.4) is 0 Å². The Balaban J connectivity index is 1.66. The molecule has 0 spiro atoms. The van der Waals surface area contributed by atoms with Crippen molar-refractivity contribution in [3.8, 4) is 0 Å². The van der Waals surface area contributed by atoms with E-state index in [1.807, 2.05) is 36.1 Å². The molecule has 1 amide bonds. The molecular formula is C18H22N4O. The lowest BCUT2D eigenvalue weighted by atomic mass is 10.2. The number of amides is 1. The maximum Gasteiger partial charge on any atom is 0.274 e. The fourth-order valence-electron chi connectivity index (χ4n) is 2.72. The van der Waals surface area contributed by atoms with E-state index in [-0.39, 0.29) is 5.91 Å². The summed E-state index contributed by atoms with van der Waals surface area (Å²) < 4.78 is 0. The zero-order valence-corrected chi connectivity index (χ0v) is 13.5. The molecule has 3 rings (SSSR count). The van der Waals surface area contributed by atoms with Crippen LogP contribution < -0.4 is 5.32 Å². The van der Waals surface area contributed by atoms with Gasteiger partial charge in [-0.2, -0.15) is 0 Å². The van der Waals surface area contributed by atoms with Gasteiger partial charge in [-0.05, 0) is 31.9 Å². The molecule has 0 bridgehead atoms. The second kappa shape index (κ2) is 7.22. The van der Waals surface area contributed by atoms with Gasteiger partial charge in [0.25, 0.3) is 5.91 Å². The van der Waals surface area contributed by atoms with Crippen molar-refractivity contribution in [1.29, 1.82) is 0 Å². The van der Waals surface area contributed by atoms with Crippen LogP contribution in [0.15, 0.2) is 36.7 Å². The van der Waals surface area contributed by atoms with Gasteiger partial charge in [0.05, 0.1) is 12.4 Å². The summed E-state index contributed by atoms with van der Waals surface area (Å²) in [6.45, 7) is 3.70. The number of carbonyl (C=O) groups excluding carboxylic acids is 1. The van der Waals surface area contributed by atoms with Crippen molar-refractivity contribution in [1.82, 2.24) is 14.9 Å². The highest BCUT2D eigenvalue weighted by Crippen LogP contribution is 2.16. The lowest BCUT2D eigenvalue weighted by Crippen LogP contribution is -2.32. The van der Waals surface area contributed by atoms with E-state index in [0.29, 0.717) is 11.5 Å². The minimum atomic E-state index is -0.0127. The van der Waals surface area contributed by atoms with Gasteiger partial charge in [0.15, 0.2) is 0 Å². The predicted molar refractivity (Wildman–Crippen MR) is 90.9 cm³/mol. The molecule has 1 aliphatic heterocycles. The maximum atomic E-state index is 12.5. The van der Waals surface area contributed by atoms with E-state index in [4.69, 9.17) is 0 Å². The summed E-state index contributed by atoms with van der Waals surface area (Å²) >= 11 is 0. The first-order valence-electron chi connectivity index (χ1n) is 8.17. The van der Waals surface area contributed by atoms with Gasteiger partial charge in [0.1, 0.15) is 11.5 Å². The molecule has 0 atom stereocenters. The first-order valence-corrected chi connectivity index (χ1v) is 8.17. The average molecular weight is 310 g/mol. The van der Waals surface area contributed by atoms with Crippen LogP contribution in [0, 0.1) is 6.92 Å². The molecule has 2 heterocycles. The number of anilines is 2. The Morgan fingerprint density at radius 1 is 1.00 bits per heavy atom. The van der Waals surface area contributed by atoms with Crippen LogP contribution in [-0.4, -0.2) is 33.9 Å². The van der Waals surface area contributed by atoms with Gasteiger partial charge in [-0.3, -0.25) is 4.79 Å².